The lowest BCUT2D eigenvalue weighted by Gasteiger charge is -2.34. The van der Waals surface area contributed by atoms with E-state index in [1.165, 1.54) is 6.07 Å². The molecular formula is C81H82ClFN6O6. The largest absolute Gasteiger partial charge is 0.354 e. The Labute approximate surface area is 562 Å². The zero-order valence-electron chi connectivity index (χ0n) is 53.4. The summed E-state index contributed by atoms with van der Waals surface area (Å²) in [4.78, 5) is 86.5. The first-order chi connectivity index (χ1) is 46.5. The number of hydrogen-bond acceptors (Lipinski definition) is 6. The van der Waals surface area contributed by atoms with Crippen LogP contribution in [0.1, 0.15) is 126 Å². The van der Waals surface area contributed by atoms with Gasteiger partial charge in [-0.1, -0.05) is 260 Å². The van der Waals surface area contributed by atoms with E-state index in [1.807, 2.05) is 237 Å². The minimum absolute atomic E-state index is 0.0386. The molecule has 6 amide bonds. The van der Waals surface area contributed by atoms with E-state index in [-0.39, 0.29) is 54.3 Å². The lowest BCUT2D eigenvalue weighted by Crippen LogP contribution is -2.50. The van der Waals surface area contributed by atoms with Gasteiger partial charge in [-0.15, -0.1) is 0 Å². The first kappa shape index (κ1) is 67.9. The molecule has 0 radical (unpaired) electrons. The molecule has 9 aromatic carbocycles. The third-order valence-corrected chi connectivity index (χ3v) is 18.2. The van der Waals surface area contributed by atoms with Gasteiger partial charge in [-0.3, -0.25) is 28.8 Å². The second kappa shape index (κ2) is 34.8. The van der Waals surface area contributed by atoms with Gasteiger partial charge in [0.2, 0.25) is 35.4 Å². The topological polar surface area (TPSA) is 148 Å². The molecule has 3 heterocycles. The van der Waals surface area contributed by atoms with Crippen molar-refractivity contribution >= 4 is 47.0 Å². The van der Waals surface area contributed by atoms with E-state index >= 15 is 0 Å². The summed E-state index contributed by atoms with van der Waals surface area (Å²) in [6, 6.07) is 80.5. The van der Waals surface area contributed by atoms with Crippen LogP contribution in [0.2, 0.25) is 5.02 Å². The summed E-state index contributed by atoms with van der Waals surface area (Å²) in [5.74, 6) is -2.58. The quantitative estimate of drug-likeness (QED) is 0.0779. The van der Waals surface area contributed by atoms with Crippen molar-refractivity contribution < 1.29 is 33.2 Å². The average Bonchev–Trinajstić information content (AvgIpc) is 1.44. The molecule has 3 N–H and O–H groups in total. The highest BCUT2D eigenvalue weighted by Gasteiger charge is 2.39. The molecule has 3 aliphatic heterocycles. The molecule has 0 bridgehead atoms. The van der Waals surface area contributed by atoms with Gasteiger partial charge in [-0.25, -0.2) is 4.39 Å². The molecule has 0 saturated carbocycles. The van der Waals surface area contributed by atoms with E-state index < -0.39 is 35.9 Å². The predicted molar refractivity (Wildman–Crippen MR) is 372 cm³/mol. The van der Waals surface area contributed by atoms with Crippen LogP contribution < -0.4 is 16.0 Å². The van der Waals surface area contributed by atoms with E-state index in [2.05, 4.69) is 16.0 Å². The highest BCUT2D eigenvalue weighted by molar-refractivity contribution is 6.31. The molecule has 486 valence electrons. The van der Waals surface area contributed by atoms with Crippen LogP contribution in [-0.2, 0) is 48.4 Å². The fourth-order valence-corrected chi connectivity index (χ4v) is 13.1. The Morgan fingerprint density at radius 3 is 0.926 bits per heavy atom. The van der Waals surface area contributed by atoms with Crippen LogP contribution in [0.15, 0.2) is 261 Å². The van der Waals surface area contributed by atoms with Crippen molar-refractivity contribution in [1.82, 2.24) is 30.7 Å². The molecule has 3 unspecified atom stereocenters. The van der Waals surface area contributed by atoms with Gasteiger partial charge in [0.1, 0.15) is 23.9 Å². The molecule has 12 rings (SSSR count). The average molecular weight is 1290 g/mol. The van der Waals surface area contributed by atoms with Crippen LogP contribution >= 0.6 is 11.6 Å². The van der Waals surface area contributed by atoms with Crippen molar-refractivity contribution in [2.75, 3.05) is 19.6 Å². The van der Waals surface area contributed by atoms with Crippen LogP contribution in [0.4, 0.5) is 4.39 Å². The third-order valence-electron chi connectivity index (χ3n) is 17.8. The summed E-state index contributed by atoms with van der Waals surface area (Å²) in [6.45, 7) is 2.64. The Morgan fingerprint density at radius 1 is 0.347 bits per heavy atom. The maximum absolute atomic E-state index is 14.6. The van der Waals surface area contributed by atoms with Gasteiger partial charge in [-0.05, 0) is 114 Å². The summed E-state index contributed by atoms with van der Waals surface area (Å²) in [7, 11) is 0. The normalized spacial score (nSPS) is 16.3. The van der Waals surface area contributed by atoms with Crippen LogP contribution in [0.25, 0.3) is 0 Å². The van der Waals surface area contributed by atoms with E-state index in [9.17, 15) is 33.2 Å². The van der Waals surface area contributed by atoms with Gasteiger partial charge >= 0.3 is 0 Å². The molecule has 9 aromatic rings. The number of hydrogen-bond donors (Lipinski definition) is 3. The lowest BCUT2D eigenvalue weighted by molar-refractivity contribution is -0.141. The molecule has 0 aliphatic carbocycles. The Morgan fingerprint density at radius 2 is 0.611 bits per heavy atom. The number of rotatable bonds is 18. The van der Waals surface area contributed by atoms with Crippen molar-refractivity contribution in [2.24, 2.45) is 0 Å². The molecule has 3 fully saturated rings. The lowest BCUT2D eigenvalue weighted by atomic mass is 9.89. The summed E-state index contributed by atoms with van der Waals surface area (Å²) in [5, 5.41) is 9.50. The van der Waals surface area contributed by atoms with E-state index in [4.69, 9.17) is 11.6 Å². The molecule has 3 saturated heterocycles. The zero-order valence-corrected chi connectivity index (χ0v) is 54.2. The third kappa shape index (κ3) is 18.2. The van der Waals surface area contributed by atoms with Crippen molar-refractivity contribution in [3.8, 4) is 0 Å². The van der Waals surface area contributed by atoms with Gasteiger partial charge in [0.05, 0.1) is 17.8 Å². The predicted octanol–water partition coefficient (Wildman–Crippen LogP) is 14.3. The van der Waals surface area contributed by atoms with Gasteiger partial charge in [-0.2, -0.15) is 0 Å². The Hall–Kier alpha value is -9.98. The molecule has 14 heteroatoms. The highest BCUT2D eigenvalue weighted by Crippen LogP contribution is 2.34. The Balaban J connectivity index is 0.000000155. The van der Waals surface area contributed by atoms with Crippen LogP contribution in [0.5, 0.6) is 0 Å². The number of nitrogens with one attached hydrogen (secondary N) is 3. The zero-order chi connectivity index (χ0) is 66.1. The molecule has 95 heavy (non-hydrogen) atoms. The summed E-state index contributed by atoms with van der Waals surface area (Å²) >= 11 is 6.46. The Bertz CT molecular complexity index is 3620. The maximum atomic E-state index is 14.6. The summed E-state index contributed by atoms with van der Waals surface area (Å²) in [6.07, 6.45) is 7.23. The number of benzene rings is 9. The standard InChI is InChI=1S/C27H27ClN2O2.C27H27FN2O2.C27H28N2O2/c2*28-23-16-8-7-15-22(23)19-30(24-17-9-10-18-29-26(24)31)27(32)25(20-11-3-1-4-12-20)21-13-5-2-6-14-21;30-26-24(18-10-11-19-28-26)29(20-21-12-4-1-5-13-21)27(31)25(22-14-6-2-7-15-22)23-16-8-3-9-17-23/h2*1-8,11-16,24-25H,9-10,17-19H2,(H,29,31);1-9,12-17,24-25H,10-11,18-20H2,(H,28,30). The van der Waals surface area contributed by atoms with Gasteiger partial charge in [0.25, 0.3) is 0 Å². The van der Waals surface area contributed by atoms with Gasteiger partial charge < -0.3 is 30.7 Å². The van der Waals surface area contributed by atoms with Crippen molar-refractivity contribution in [3.63, 3.8) is 0 Å². The SMILES string of the molecule is O=C1NCCCCC1N(Cc1ccccc1)C(=O)C(c1ccccc1)c1ccccc1.O=C1NCCCCC1N(Cc1ccccc1Cl)C(=O)C(c1ccccc1)c1ccccc1.O=C1NCCCCC1N(Cc1ccccc1F)C(=O)C(c1ccccc1)c1ccccc1. The molecule has 12 nitrogen and oxygen atoms in total. The summed E-state index contributed by atoms with van der Waals surface area (Å²) < 4.78 is 14.6. The number of halogens is 2. The van der Waals surface area contributed by atoms with Crippen LogP contribution in [0.3, 0.4) is 0 Å². The molecule has 3 aliphatic rings. The van der Waals surface area contributed by atoms with Crippen molar-refractivity contribution in [3.05, 3.63) is 322 Å². The number of nitrogens with zero attached hydrogens (tertiary/aromatic N) is 3. The van der Waals surface area contributed by atoms with Crippen LogP contribution in [-0.4, -0.2) is 87.9 Å². The smallest absolute Gasteiger partial charge is 0.242 e. The highest BCUT2D eigenvalue weighted by atomic mass is 35.5. The maximum Gasteiger partial charge on any atom is 0.242 e. The van der Waals surface area contributed by atoms with E-state index in [0.717, 1.165) is 83.0 Å². The van der Waals surface area contributed by atoms with E-state index in [0.29, 0.717) is 56.0 Å². The second-order valence-electron chi connectivity index (χ2n) is 24.2. The Kier molecular flexibility index (Phi) is 24.9. The number of carbonyl (C=O) groups is 6. The van der Waals surface area contributed by atoms with Crippen molar-refractivity contribution in [2.45, 2.75) is 113 Å². The van der Waals surface area contributed by atoms with Gasteiger partial charge in [0.15, 0.2) is 0 Å². The molecule has 0 spiro atoms. The fraction of sp³-hybridized carbons (Fsp3) is 0.259. The molecule has 3 atom stereocenters. The first-order valence-electron chi connectivity index (χ1n) is 33.1. The number of carbonyl (C=O) groups excluding carboxylic acids is 6. The van der Waals surface area contributed by atoms with Crippen molar-refractivity contribution in [1.29, 1.82) is 0 Å². The van der Waals surface area contributed by atoms with Crippen LogP contribution in [0, 0.1) is 5.82 Å². The summed E-state index contributed by atoms with van der Waals surface area (Å²) in [5.41, 5.74) is 7.62. The molecule has 0 aromatic heterocycles. The second-order valence-corrected chi connectivity index (χ2v) is 24.6. The monoisotopic (exact) mass is 1290 g/mol. The molecular weight excluding hydrogens is 1210 g/mol. The fourth-order valence-electron chi connectivity index (χ4n) is 12.9. The van der Waals surface area contributed by atoms with Gasteiger partial charge in [0, 0.05) is 49.9 Å². The first-order valence-corrected chi connectivity index (χ1v) is 33.5. The minimum atomic E-state index is -0.639. The minimum Gasteiger partial charge on any atom is -0.354 e. The van der Waals surface area contributed by atoms with E-state index in [1.54, 1.807) is 32.9 Å². The number of amides is 6.